The average Bonchev–Trinajstić information content (AvgIpc) is 2.16. The van der Waals surface area contributed by atoms with E-state index < -0.39 is 16.5 Å². The molecule has 0 aromatic carbocycles. The first kappa shape index (κ1) is 15.3. The molecule has 1 aliphatic rings. The number of hydrogen-bond acceptors (Lipinski definition) is 4. The van der Waals surface area contributed by atoms with Gasteiger partial charge in [0.1, 0.15) is 5.71 Å². The van der Waals surface area contributed by atoms with Gasteiger partial charge in [0.05, 0.1) is 0 Å². The van der Waals surface area contributed by atoms with Gasteiger partial charge in [-0.05, 0) is 12.8 Å². The summed E-state index contributed by atoms with van der Waals surface area (Å²) in [6, 6.07) is 0. The van der Waals surface area contributed by atoms with E-state index in [0.717, 1.165) is 6.42 Å². The second kappa shape index (κ2) is 5.09. The third-order valence-electron chi connectivity index (χ3n) is 2.82. The first-order chi connectivity index (χ1) is 8.03. The van der Waals surface area contributed by atoms with Crippen LogP contribution in [0.3, 0.4) is 0 Å². The lowest BCUT2D eigenvalue weighted by atomic mass is 9.96. The minimum atomic E-state index is -1.61. The molecule has 0 N–H and O–H groups in total. The van der Waals surface area contributed by atoms with Gasteiger partial charge >= 0.3 is 0 Å². The molecule has 0 aromatic rings. The Kier molecular flexibility index (Phi) is 4.32. The van der Waals surface area contributed by atoms with Crippen LogP contribution < -0.4 is 0 Å². The molecule has 4 nitrogen and oxygen atoms in total. The Labute approximate surface area is 112 Å². The van der Waals surface area contributed by atoms with Crippen molar-refractivity contribution in [2.75, 3.05) is 0 Å². The van der Waals surface area contributed by atoms with Gasteiger partial charge in [-0.25, -0.2) is 0 Å². The molecule has 0 heterocycles. The molecule has 0 unspecified atom stereocenters. The van der Waals surface area contributed by atoms with Gasteiger partial charge in [0, 0.05) is 6.42 Å². The fourth-order valence-corrected chi connectivity index (χ4v) is 11.2. The molecule has 0 saturated heterocycles. The Balaban J connectivity index is 3.09. The monoisotopic (exact) mass is 284 g/mol. The molecular formula is C12H24N2O2Si2. The Morgan fingerprint density at radius 3 is 1.89 bits per heavy atom. The van der Waals surface area contributed by atoms with E-state index in [4.69, 9.17) is 0 Å². The topological polar surface area (TPSA) is 49.7 Å². The highest BCUT2D eigenvalue weighted by atomic mass is 28.4. The third-order valence-corrected chi connectivity index (χ3v) is 9.59. The highest BCUT2D eigenvalue weighted by Crippen LogP contribution is 2.22. The van der Waals surface area contributed by atoms with Crippen molar-refractivity contribution in [3.63, 3.8) is 0 Å². The zero-order valence-corrected chi connectivity index (χ0v) is 14.3. The lowest BCUT2D eigenvalue weighted by Gasteiger charge is -2.42. The van der Waals surface area contributed by atoms with E-state index in [1.807, 2.05) is 0 Å². The number of hydrogen-bond donors (Lipinski definition) is 0. The van der Waals surface area contributed by atoms with Crippen molar-refractivity contribution in [2.45, 2.75) is 58.5 Å². The van der Waals surface area contributed by atoms with Crippen LogP contribution in [0.2, 0.25) is 39.3 Å². The van der Waals surface area contributed by atoms with E-state index in [9.17, 15) is 9.59 Å². The number of carbonyl (C=O) groups is 2. The van der Waals surface area contributed by atoms with Crippen molar-refractivity contribution in [3.05, 3.63) is 0 Å². The molecule has 0 bridgehead atoms. The summed E-state index contributed by atoms with van der Waals surface area (Å²) >= 11 is 0. The summed E-state index contributed by atoms with van der Waals surface area (Å²) in [4.78, 5) is 23.3. The second-order valence-corrected chi connectivity index (χ2v) is 16.8. The van der Waals surface area contributed by atoms with Crippen LogP contribution in [0.4, 0.5) is 0 Å². The van der Waals surface area contributed by atoms with Crippen LogP contribution in [0, 0.1) is 0 Å². The maximum Gasteiger partial charge on any atom is 0.244 e. The van der Waals surface area contributed by atoms with Crippen molar-refractivity contribution in [1.29, 1.82) is 0 Å². The summed E-state index contributed by atoms with van der Waals surface area (Å²) in [6.07, 6.45) is 1.79. The first-order valence-electron chi connectivity index (χ1n) is 6.49. The highest BCUT2D eigenvalue weighted by Gasteiger charge is 2.35. The molecule has 0 radical (unpaired) electrons. The molecule has 0 aromatic heterocycles. The van der Waals surface area contributed by atoms with Gasteiger partial charge < -0.3 is 4.34 Å². The highest BCUT2D eigenvalue weighted by molar-refractivity contribution is 6.89. The average molecular weight is 285 g/mol. The quantitative estimate of drug-likeness (QED) is 0.455. The van der Waals surface area contributed by atoms with Gasteiger partial charge in [0.25, 0.3) is 0 Å². The van der Waals surface area contributed by atoms with E-state index in [0.29, 0.717) is 18.6 Å². The van der Waals surface area contributed by atoms with Crippen LogP contribution in [0.25, 0.3) is 0 Å². The summed E-state index contributed by atoms with van der Waals surface area (Å²) in [6.45, 7) is 13.4. The molecule has 0 aliphatic heterocycles. The summed E-state index contributed by atoms with van der Waals surface area (Å²) in [7, 11) is -3.23. The smallest absolute Gasteiger partial charge is 0.244 e. The van der Waals surface area contributed by atoms with Crippen LogP contribution in [0.5, 0.6) is 0 Å². The van der Waals surface area contributed by atoms with E-state index in [2.05, 4.69) is 48.7 Å². The number of Topliss-reactive ketones (excluding diaryl/α,β-unsaturated/α-hetero) is 2. The zero-order valence-electron chi connectivity index (χ0n) is 12.3. The van der Waals surface area contributed by atoms with E-state index in [1.165, 1.54) is 0 Å². The predicted molar refractivity (Wildman–Crippen MR) is 79.8 cm³/mol. The van der Waals surface area contributed by atoms with Gasteiger partial charge in [0.15, 0.2) is 16.5 Å². The minimum Gasteiger partial charge on any atom is -0.349 e. The third kappa shape index (κ3) is 3.62. The molecule has 102 valence electrons. The van der Waals surface area contributed by atoms with Crippen molar-refractivity contribution >= 4 is 33.7 Å². The van der Waals surface area contributed by atoms with Crippen molar-refractivity contribution in [2.24, 2.45) is 5.10 Å². The van der Waals surface area contributed by atoms with E-state index in [-0.39, 0.29) is 11.6 Å². The Bertz CT molecular complexity index is 378. The van der Waals surface area contributed by atoms with Crippen molar-refractivity contribution in [3.8, 4) is 0 Å². The molecule has 1 aliphatic carbocycles. The molecule has 0 spiro atoms. The lowest BCUT2D eigenvalue weighted by Crippen LogP contribution is -2.56. The molecule has 18 heavy (non-hydrogen) atoms. The molecule has 1 fully saturated rings. The maximum absolute atomic E-state index is 11.8. The van der Waals surface area contributed by atoms with Gasteiger partial charge in [-0.2, -0.15) is 5.10 Å². The summed E-state index contributed by atoms with van der Waals surface area (Å²) in [5.74, 6) is -0.631. The van der Waals surface area contributed by atoms with E-state index >= 15 is 0 Å². The second-order valence-electron chi connectivity index (χ2n) is 6.81. The van der Waals surface area contributed by atoms with Gasteiger partial charge in [-0.3, -0.25) is 9.59 Å². The van der Waals surface area contributed by atoms with Gasteiger partial charge in [0.2, 0.25) is 11.6 Å². The summed E-state index contributed by atoms with van der Waals surface area (Å²) in [5, 5.41) is 4.61. The standard InChI is InChI=1S/C12H24N2O2Si2/c1-17(2,3)14(18(4,5)6)13-10-8-7-9-11(15)12(10)16/h7-9H2,1-6H3/b13-10-. The van der Waals surface area contributed by atoms with Crippen LogP contribution in [0.15, 0.2) is 5.10 Å². The number of rotatable bonds is 3. The summed E-state index contributed by atoms with van der Waals surface area (Å²) in [5.41, 5.74) is 0.482. The predicted octanol–water partition coefficient (Wildman–Crippen LogP) is 2.64. The molecule has 6 heteroatoms. The maximum atomic E-state index is 11.8. The Hall–Kier alpha value is -0.756. The molecule has 0 atom stereocenters. The lowest BCUT2D eigenvalue weighted by molar-refractivity contribution is -0.133. The van der Waals surface area contributed by atoms with Crippen molar-refractivity contribution < 1.29 is 9.59 Å². The fourth-order valence-electron chi connectivity index (χ4n) is 2.33. The summed E-state index contributed by atoms with van der Waals surface area (Å²) < 4.78 is 2.20. The number of hydrazone groups is 1. The fraction of sp³-hybridized carbons (Fsp3) is 0.750. The van der Waals surface area contributed by atoms with Gasteiger partial charge in [-0.1, -0.05) is 39.3 Å². The van der Waals surface area contributed by atoms with Crippen LogP contribution in [-0.4, -0.2) is 38.1 Å². The zero-order chi connectivity index (χ0) is 14.1. The van der Waals surface area contributed by atoms with Crippen LogP contribution in [-0.2, 0) is 9.59 Å². The number of ketones is 2. The Morgan fingerprint density at radius 1 is 0.944 bits per heavy atom. The first-order valence-corrected chi connectivity index (χ1v) is 13.4. The minimum absolute atomic E-state index is 0.272. The van der Waals surface area contributed by atoms with Gasteiger partial charge in [-0.15, -0.1) is 0 Å². The van der Waals surface area contributed by atoms with Crippen LogP contribution >= 0.6 is 0 Å². The SMILES string of the molecule is C[Si](C)(C)N(/N=C1/CCCC(=O)C1=O)[Si](C)(C)C. The largest absolute Gasteiger partial charge is 0.349 e. The number of nitrogens with zero attached hydrogens (tertiary/aromatic N) is 2. The Morgan fingerprint density at radius 2 is 1.44 bits per heavy atom. The van der Waals surface area contributed by atoms with Crippen LogP contribution in [0.1, 0.15) is 19.3 Å². The molecular weight excluding hydrogens is 260 g/mol. The van der Waals surface area contributed by atoms with Crippen molar-refractivity contribution in [1.82, 2.24) is 4.34 Å². The molecule has 1 saturated carbocycles. The molecule has 0 amide bonds. The van der Waals surface area contributed by atoms with E-state index in [1.54, 1.807) is 0 Å². The number of carbonyl (C=O) groups excluding carboxylic acids is 2. The normalized spacial score (nSPS) is 20.4. The molecule has 1 rings (SSSR count).